The molecule has 1 aromatic rings. The number of carbonyl (C=O) groups is 2. The fourth-order valence-corrected chi connectivity index (χ4v) is 3.69. The molecule has 1 aromatic carbocycles. The number of fused-ring (bicyclic) bond motifs is 2. The van der Waals surface area contributed by atoms with E-state index >= 15 is 0 Å². The van der Waals surface area contributed by atoms with Crippen molar-refractivity contribution >= 4 is 33.5 Å². The molecule has 4 nitrogen and oxygen atoms in total. The van der Waals surface area contributed by atoms with Crippen LogP contribution in [0.25, 0.3) is 0 Å². The van der Waals surface area contributed by atoms with Crippen LogP contribution in [0, 0.1) is 29.5 Å². The molecule has 4 atom stereocenters. The minimum absolute atomic E-state index is 0.0604. The lowest BCUT2D eigenvalue weighted by atomic mass is 9.82. The van der Waals surface area contributed by atoms with E-state index in [1.165, 1.54) is 18.2 Å². The van der Waals surface area contributed by atoms with Crippen molar-refractivity contribution in [3.05, 3.63) is 40.6 Å². The number of rotatable bonds is 3. The van der Waals surface area contributed by atoms with Crippen LogP contribution < -0.4 is 5.32 Å². The van der Waals surface area contributed by atoms with Gasteiger partial charge in [0.15, 0.2) is 0 Å². The molecule has 0 radical (unpaired) electrons. The second kappa shape index (κ2) is 5.26. The van der Waals surface area contributed by atoms with E-state index in [0.717, 1.165) is 0 Å². The number of allylic oxidation sites excluding steroid dienone is 2. The Morgan fingerprint density at radius 2 is 1.90 bits per heavy atom. The van der Waals surface area contributed by atoms with E-state index in [0.29, 0.717) is 10.9 Å². The van der Waals surface area contributed by atoms with Gasteiger partial charge in [0.25, 0.3) is 0 Å². The predicted molar refractivity (Wildman–Crippen MR) is 78.1 cm³/mol. The number of hydrogen-bond acceptors (Lipinski definition) is 2. The highest BCUT2D eigenvalue weighted by Crippen LogP contribution is 2.48. The molecule has 0 heterocycles. The van der Waals surface area contributed by atoms with Crippen LogP contribution in [-0.2, 0) is 9.59 Å². The molecule has 2 aliphatic rings. The van der Waals surface area contributed by atoms with E-state index in [1.807, 2.05) is 12.2 Å². The zero-order valence-electron chi connectivity index (χ0n) is 10.9. The maximum absolute atomic E-state index is 13.7. The molecule has 3 rings (SSSR count). The average Bonchev–Trinajstić information content (AvgIpc) is 3.03. The molecule has 1 amide bonds. The zero-order valence-corrected chi connectivity index (χ0v) is 12.5. The number of anilines is 1. The lowest BCUT2D eigenvalue weighted by molar-refractivity contribution is -0.146. The van der Waals surface area contributed by atoms with E-state index in [-0.39, 0.29) is 17.5 Å². The van der Waals surface area contributed by atoms with E-state index in [2.05, 4.69) is 21.2 Å². The summed E-state index contributed by atoms with van der Waals surface area (Å²) in [4.78, 5) is 23.8. The summed E-state index contributed by atoms with van der Waals surface area (Å²) >= 11 is 3.21. The number of benzene rings is 1. The van der Waals surface area contributed by atoms with Gasteiger partial charge >= 0.3 is 5.97 Å². The van der Waals surface area contributed by atoms with Gasteiger partial charge in [0.1, 0.15) is 5.82 Å². The SMILES string of the molecule is O=C(O)C1C2C=CC(C2)C1C(=O)Nc1cc(Br)ccc1F. The third kappa shape index (κ3) is 2.48. The Labute approximate surface area is 129 Å². The van der Waals surface area contributed by atoms with E-state index in [1.54, 1.807) is 0 Å². The minimum atomic E-state index is -0.971. The molecule has 2 aliphatic carbocycles. The Hall–Kier alpha value is -1.69. The van der Waals surface area contributed by atoms with Crippen molar-refractivity contribution in [2.45, 2.75) is 6.42 Å². The van der Waals surface area contributed by atoms with Crippen molar-refractivity contribution < 1.29 is 19.1 Å². The van der Waals surface area contributed by atoms with Gasteiger partial charge in [0.05, 0.1) is 17.5 Å². The first-order chi connectivity index (χ1) is 9.97. The lowest BCUT2D eigenvalue weighted by Crippen LogP contribution is -2.36. The monoisotopic (exact) mass is 353 g/mol. The van der Waals surface area contributed by atoms with Gasteiger partial charge in [-0.25, -0.2) is 4.39 Å². The van der Waals surface area contributed by atoms with Crippen molar-refractivity contribution in [3.8, 4) is 0 Å². The summed E-state index contributed by atoms with van der Waals surface area (Å²) in [6.45, 7) is 0. The van der Waals surface area contributed by atoms with Crippen LogP contribution in [0.4, 0.5) is 10.1 Å². The molecular weight excluding hydrogens is 341 g/mol. The summed E-state index contributed by atoms with van der Waals surface area (Å²) in [5, 5.41) is 11.8. The van der Waals surface area contributed by atoms with Crippen LogP contribution >= 0.6 is 15.9 Å². The van der Waals surface area contributed by atoms with Crippen molar-refractivity contribution in [1.82, 2.24) is 0 Å². The highest BCUT2D eigenvalue weighted by atomic mass is 79.9. The Morgan fingerprint density at radius 3 is 2.57 bits per heavy atom. The van der Waals surface area contributed by atoms with Crippen LogP contribution in [0.15, 0.2) is 34.8 Å². The van der Waals surface area contributed by atoms with Crippen molar-refractivity contribution in [1.29, 1.82) is 0 Å². The van der Waals surface area contributed by atoms with Crippen LogP contribution in [0.5, 0.6) is 0 Å². The standard InChI is InChI=1S/C15H13BrFNO3/c16-9-3-4-10(17)11(6-9)18-14(19)12-7-1-2-8(5-7)13(12)15(20)21/h1-4,6-8,12-13H,5H2,(H,18,19)(H,20,21). The predicted octanol–water partition coefficient (Wildman–Crippen LogP) is 3.05. The van der Waals surface area contributed by atoms with Gasteiger partial charge in [-0.1, -0.05) is 28.1 Å². The number of carboxylic acid groups (broad SMARTS) is 1. The maximum Gasteiger partial charge on any atom is 0.307 e. The second-order valence-electron chi connectivity index (χ2n) is 5.45. The minimum Gasteiger partial charge on any atom is -0.481 e. The Kier molecular flexibility index (Phi) is 3.57. The Bertz CT molecular complexity index is 646. The molecule has 2 bridgehead atoms. The lowest BCUT2D eigenvalue weighted by Gasteiger charge is -2.24. The molecule has 0 spiro atoms. The topological polar surface area (TPSA) is 66.4 Å². The Balaban J connectivity index is 1.83. The van der Waals surface area contributed by atoms with Gasteiger partial charge in [0.2, 0.25) is 5.91 Å². The molecule has 1 saturated carbocycles. The van der Waals surface area contributed by atoms with Gasteiger partial charge in [-0.3, -0.25) is 9.59 Å². The van der Waals surface area contributed by atoms with Gasteiger partial charge in [-0.05, 0) is 36.5 Å². The number of hydrogen-bond donors (Lipinski definition) is 2. The van der Waals surface area contributed by atoms with Crippen molar-refractivity contribution in [3.63, 3.8) is 0 Å². The zero-order chi connectivity index (χ0) is 15.1. The fourth-order valence-electron chi connectivity index (χ4n) is 3.33. The molecule has 2 N–H and O–H groups in total. The van der Waals surface area contributed by atoms with Gasteiger partial charge in [0, 0.05) is 4.47 Å². The smallest absolute Gasteiger partial charge is 0.307 e. The van der Waals surface area contributed by atoms with Gasteiger partial charge in [-0.15, -0.1) is 0 Å². The van der Waals surface area contributed by atoms with Crippen LogP contribution in [0.2, 0.25) is 0 Å². The van der Waals surface area contributed by atoms with Crippen LogP contribution in [0.3, 0.4) is 0 Å². The van der Waals surface area contributed by atoms with Crippen molar-refractivity contribution in [2.24, 2.45) is 23.7 Å². The summed E-state index contributed by atoms with van der Waals surface area (Å²) in [7, 11) is 0. The molecule has 6 heteroatoms. The van der Waals surface area contributed by atoms with Crippen LogP contribution in [-0.4, -0.2) is 17.0 Å². The summed E-state index contributed by atoms with van der Waals surface area (Å²) in [5.41, 5.74) is 0.0604. The van der Waals surface area contributed by atoms with Crippen LogP contribution in [0.1, 0.15) is 6.42 Å². The average molecular weight is 354 g/mol. The van der Waals surface area contributed by atoms with Gasteiger partial charge < -0.3 is 10.4 Å². The third-order valence-corrected chi connectivity index (χ3v) is 4.73. The normalized spacial score (nSPS) is 29.6. The van der Waals surface area contributed by atoms with E-state index in [9.17, 15) is 19.1 Å². The second-order valence-corrected chi connectivity index (χ2v) is 6.37. The van der Waals surface area contributed by atoms with E-state index < -0.39 is 29.5 Å². The number of aliphatic carboxylic acids is 1. The Morgan fingerprint density at radius 1 is 1.24 bits per heavy atom. The summed E-state index contributed by atoms with van der Waals surface area (Å²) in [6, 6.07) is 4.24. The molecule has 1 fully saturated rings. The third-order valence-electron chi connectivity index (χ3n) is 4.23. The first-order valence-electron chi connectivity index (χ1n) is 6.64. The molecule has 0 aromatic heterocycles. The maximum atomic E-state index is 13.7. The fraction of sp³-hybridized carbons (Fsp3) is 0.333. The molecule has 0 saturated heterocycles. The number of amides is 1. The molecule has 21 heavy (non-hydrogen) atoms. The van der Waals surface area contributed by atoms with Crippen molar-refractivity contribution in [2.75, 3.05) is 5.32 Å². The molecule has 0 aliphatic heterocycles. The largest absolute Gasteiger partial charge is 0.481 e. The highest BCUT2D eigenvalue weighted by molar-refractivity contribution is 9.10. The molecule has 110 valence electrons. The molecule has 4 unspecified atom stereocenters. The molecular formula is C15H13BrFNO3. The quantitative estimate of drug-likeness (QED) is 0.820. The summed E-state index contributed by atoms with van der Waals surface area (Å²) in [5.74, 6) is -3.50. The van der Waals surface area contributed by atoms with E-state index in [4.69, 9.17) is 0 Å². The first kappa shape index (κ1) is 14.3. The highest BCUT2D eigenvalue weighted by Gasteiger charge is 2.51. The number of carboxylic acids is 1. The first-order valence-corrected chi connectivity index (χ1v) is 7.43. The number of halogens is 2. The summed E-state index contributed by atoms with van der Waals surface area (Å²) < 4.78 is 14.3. The van der Waals surface area contributed by atoms with Gasteiger partial charge in [-0.2, -0.15) is 0 Å². The number of nitrogens with one attached hydrogen (secondary N) is 1. The number of carbonyl (C=O) groups excluding carboxylic acids is 1. The summed E-state index contributed by atoms with van der Waals surface area (Å²) in [6.07, 6.45) is 4.44.